The predicted molar refractivity (Wildman–Crippen MR) is 55.0 cm³/mol. The summed E-state index contributed by atoms with van der Waals surface area (Å²) in [7, 11) is 1.72. The van der Waals surface area contributed by atoms with E-state index in [0.29, 0.717) is 12.6 Å². The lowest BCUT2D eigenvalue weighted by Crippen LogP contribution is -2.43. The third kappa shape index (κ3) is 6.02. The van der Waals surface area contributed by atoms with E-state index in [0.717, 1.165) is 19.6 Å². The van der Waals surface area contributed by atoms with Crippen LogP contribution in [0.3, 0.4) is 0 Å². The summed E-state index contributed by atoms with van der Waals surface area (Å²) in [6, 6.07) is 0.310. The molecule has 0 bridgehead atoms. The first-order valence-electron chi connectivity index (χ1n) is 5.10. The van der Waals surface area contributed by atoms with Gasteiger partial charge in [-0.3, -0.25) is 0 Å². The van der Waals surface area contributed by atoms with Crippen LogP contribution in [-0.4, -0.2) is 39.0 Å². The zero-order valence-electron chi connectivity index (χ0n) is 9.30. The Morgan fingerprint density at radius 2 is 2.00 bits per heavy atom. The van der Waals surface area contributed by atoms with E-state index in [4.69, 9.17) is 9.47 Å². The molecule has 2 unspecified atom stereocenters. The van der Waals surface area contributed by atoms with Crippen molar-refractivity contribution in [2.24, 2.45) is 0 Å². The van der Waals surface area contributed by atoms with Crippen LogP contribution in [0, 0.1) is 0 Å². The standard InChI is InChI=1S/C10H23NO2/c1-5-7-11-10(8-12-4)9(3)13-6-2/h9-11H,5-8H2,1-4H3. The second kappa shape index (κ2) is 8.48. The average Bonchev–Trinajstić information content (AvgIpc) is 2.12. The van der Waals surface area contributed by atoms with Crippen LogP contribution in [0.5, 0.6) is 0 Å². The summed E-state index contributed by atoms with van der Waals surface area (Å²) in [6.45, 7) is 8.74. The molecule has 2 atom stereocenters. The molecule has 3 heteroatoms. The molecule has 0 aliphatic rings. The highest BCUT2D eigenvalue weighted by Crippen LogP contribution is 1.99. The molecule has 3 nitrogen and oxygen atoms in total. The van der Waals surface area contributed by atoms with E-state index >= 15 is 0 Å². The highest BCUT2D eigenvalue weighted by atomic mass is 16.5. The molecule has 0 rings (SSSR count). The number of nitrogens with one attached hydrogen (secondary N) is 1. The van der Waals surface area contributed by atoms with Gasteiger partial charge in [0.2, 0.25) is 0 Å². The monoisotopic (exact) mass is 189 g/mol. The fraction of sp³-hybridized carbons (Fsp3) is 1.00. The summed E-state index contributed by atoms with van der Waals surface area (Å²) in [5.74, 6) is 0. The van der Waals surface area contributed by atoms with Gasteiger partial charge in [-0.2, -0.15) is 0 Å². The zero-order valence-corrected chi connectivity index (χ0v) is 9.30. The molecule has 0 aliphatic carbocycles. The second-order valence-corrected chi connectivity index (χ2v) is 3.18. The molecule has 0 fully saturated rings. The Bertz CT molecular complexity index is 109. The van der Waals surface area contributed by atoms with E-state index in [9.17, 15) is 0 Å². The molecule has 0 aromatic rings. The van der Waals surface area contributed by atoms with Crippen molar-refractivity contribution >= 4 is 0 Å². The van der Waals surface area contributed by atoms with Crippen molar-refractivity contribution in [3.63, 3.8) is 0 Å². The van der Waals surface area contributed by atoms with E-state index in [-0.39, 0.29) is 6.10 Å². The molecule has 0 aromatic carbocycles. The fourth-order valence-electron chi connectivity index (χ4n) is 1.25. The van der Waals surface area contributed by atoms with Crippen molar-refractivity contribution in [2.45, 2.75) is 39.3 Å². The molecule has 0 spiro atoms. The average molecular weight is 189 g/mol. The minimum atomic E-state index is 0.219. The molecule has 13 heavy (non-hydrogen) atoms. The van der Waals surface area contributed by atoms with Crippen LogP contribution in [0.1, 0.15) is 27.2 Å². The fourth-order valence-corrected chi connectivity index (χ4v) is 1.25. The van der Waals surface area contributed by atoms with Crippen molar-refractivity contribution in [1.82, 2.24) is 5.32 Å². The molecular weight excluding hydrogens is 166 g/mol. The van der Waals surface area contributed by atoms with Gasteiger partial charge in [0.15, 0.2) is 0 Å². The van der Waals surface area contributed by atoms with Crippen molar-refractivity contribution in [2.75, 3.05) is 26.9 Å². The van der Waals surface area contributed by atoms with Crippen molar-refractivity contribution in [3.8, 4) is 0 Å². The van der Waals surface area contributed by atoms with Gasteiger partial charge in [-0.1, -0.05) is 6.92 Å². The van der Waals surface area contributed by atoms with Crippen LogP contribution in [0.4, 0.5) is 0 Å². The van der Waals surface area contributed by atoms with Crippen molar-refractivity contribution in [1.29, 1.82) is 0 Å². The van der Waals surface area contributed by atoms with Gasteiger partial charge in [-0.25, -0.2) is 0 Å². The van der Waals surface area contributed by atoms with Crippen LogP contribution >= 0.6 is 0 Å². The Morgan fingerprint density at radius 1 is 1.31 bits per heavy atom. The summed E-state index contributed by atoms with van der Waals surface area (Å²) in [4.78, 5) is 0. The normalized spacial score (nSPS) is 15.7. The summed E-state index contributed by atoms with van der Waals surface area (Å²) < 4.78 is 10.6. The Labute approximate surface area is 81.8 Å². The lowest BCUT2D eigenvalue weighted by atomic mass is 10.2. The maximum Gasteiger partial charge on any atom is 0.0722 e. The largest absolute Gasteiger partial charge is 0.383 e. The Hall–Kier alpha value is -0.120. The number of hydrogen-bond acceptors (Lipinski definition) is 3. The van der Waals surface area contributed by atoms with Gasteiger partial charge in [0.05, 0.1) is 18.8 Å². The summed E-state index contributed by atoms with van der Waals surface area (Å²) >= 11 is 0. The molecule has 0 heterocycles. The van der Waals surface area contributed by atoms with Gasteiger partial charge in [0.1, 0.15) is 0 Å². The molecule has 0 amide bonds. The van der Waals surface area contributed by atoms with Crippen LogP contribution in [0.15, 0.2) is 0 Å². The highest BCUT2D eigenvalue weighted by molar-refractivity contribution is 4.72. The van der Waals surface area contributed by atoms with E-state index in [1.165, 1.54) is 0 Å². The smallest absolute Gasteiger partial charge is 0.0722 e. The van der Waals surface area contributed by atoms with E-state index < -0.39 is 0 Å². The minimum Gasteiger partial charge on any atom is -0.383 e. The first-order chi connectivity index (χ1) is 6.26. The Morgan fingerprint density at radius 3 is 2.46 bits per heavy atom. The molecule has 0 radical (unpaired) electrons. The maximum absolute atomic E-state index is 5.51. The van der Waals surface area contributed by atoms with E-state index in [1.54, 1.807) is 7.11 Å². The van der Waals surface area contributed by atoms with Crippen LogP contribution < -0.4 is 5.32 Å². The number of ether oxygens (including phenoxy) is 2. The van der Waals surface area contributed by atoms with Crippen LogP contribution in [0.2, 0.25) is 0 Å². The summed E-state index contributed by atoms with van der Waals surface area (Å²) in [5, 5.41) is 3.40. The van der Waals surface area contributed by atoms with Crippen molar-refractivity contribution in [3.05, 3.63) is 0 Å². The third-order valence-corrected chi connectivity index (χ3v) is 2.00. The van der Waals surface area contributed by atoms with Gasteiger partial charge in [-0.05, 0) is 26.8 Å². The molecule has 0 aromatic heterocycles. The van der Waals surface area contributed by atoms with Gasteiger partial charge >= 0.3 is 0 Å². The SMILES string of the molecule is CCCNC(COC)C(C)OCC. The lowest BCUT2D eigenvalue weighted by Gasteiger charge is -2.24. The predicted octanol–water partition coefficient (Wildman–Crippen LogP) is 1.43. The minimum absolute atomic E-state index is 0.219. The van der Waals surface area contributed by atoms with Crippen LogP contribution in [-0.2, 0) is 9.47 Å². The second-order valence-electron chi connectivity index (χ2n) is 3.18. The van der Waals surface area contributed by atoms with Gasteiger partial charge < -0.3 is 14.8 Å². The molecule has 0 saturated heterocycles. The van der Waals surface area contributed by atoms with E-state index in [1.807, 2.05) is 6.92 Å². The van der Waals surface area contributed by atoms with Gasteiger partial charge in [-0.15, -0.1) is 0 Å². The quantitative estimate of drug-likeness (QED) is 0.626. The zero-order chi connectivity index (χ0) is 10.1. The molecular formula is C10H23NO2. The Balaban J connectivity index is 3.75. The lowest BCUT2D eigenvalue weighted by molar-refractivity contribution is 0.0209. The molecule has 1 N–H and O–H groups in total. The van der Waals surface area contributed by atoms with Gasteiger partial charge in [0, 0.05) is 13.7 Å². The third-order valence-electron chi connectivity index (χ3n) is 2.00. The number of hydrogen-bond donors (Lipinski definition) is 1. The first-order valence-corrected chi connectivity index (χ1v) is 5.10. The van der Waals surface area contributed by atoms with Gasteiger partial charge in [0.25, 0.3) is 0 Å². The summed E-state index contributed by atoms with van der Waals surface area (Å²) in [6.07, 6.45) is 1.36. The number of rotatable bonds is 8. The molecule has 0 saturated carbocycles. The Kier molecular flexibility index (Phi) is 8.40. The maximum atomic E-state index is 5.51. The number of methoxy groups -OCH3 is 1. The van der Waals surface area contributed by atoms with Crippen molar-refractivity contribution < 1.29 is 9.47 Å². The summed E-state index contributed by atoms with van der Waals surface area (Å²) in [5.41, 5.74) is 0. The highest BCUT2D eigenvalue weighted by Gasteiger charge is 2.15. The van der Waals surface area contributed by atoms with Crippen LogP contribution in [0.25, 0.3) is 0 Å². The first kappa shape index (κ1) is 12.9. The molecule has 80 valence electrons. The molecule has 0 aliphatic heterocycles. The topological polar surface area (TPSA) is 30.5 Å². The van der Waals surface area contributed by atoms with E-state index in [2.05, 4.69) is 19.2 Å².